The minimum atomic E-state index is -0.623. The molecule has 0 saturated carbocycles. The highest BCUT2D eigenvalue weighted by molar-refractivity contribution is 6.30. The number of aryl methyl sites for hydroxylation is 2. The van der Waals surface area contributed by atoms with Gasteiger partial charge >= 0.3 is 0 Å². The monoisotopic (exact) mass is 462 g/mol. The van der Waals surface area contributed by atoms with Crippen LogP contribution in [0.25, 0.3) is 0 Å². The molecule has 0 bridgehead atoms. The number of nitrogens with one attached hydrogen (secondary N) is 1. The van der Waals surface area contributed by atoms with Crippen molar-refractivity contribution in [3.05, 3.63) is 106 Å². The third kappa shape index (κ3) is 6.93. The highest BCUT2D eigenvalue weighted by atomic mass is 35.5. The lowest BCUT2D eigenvalue weighted by molar-refractivity contribution is -0.140. The molecule has 5 heteroatoms. The Morgan fingerprint density at radius 1 is 0.879 bits per heavy atom. The van der Waals surface area contributed by atoms with Crippen molar-refractivity contribution >= 4 is 23.4 Å². The third-order valence-electron chi connectivity index (χ3n) is 5.81. The largest absolute Gasteiger partial charge is 0.355 e. The molecule has 0 aliphatic heterocycles. The summed E-state index contributed by atoms with van der Waals surface area (Å²) in [5, 5.41) is 3.56. The summed E-state index contributed by atoms with van der Waals surface area (Å²) in [5.41, 5.74) is 5.21. The average Bonchev–Trinajstić information content (AvgIpc) is 2.80. The van der Waals surface area contributed by atoms with E-state index in [9.17, 15) is 9.59 Å². The summed E-state index contributed by atoms with van der Waals surface area (Å²) in [4.78, 5) is 28.5. The van der Waals surface area contributed by atoms with Crippen molar-refractivity contribution < 1.29 is 9.59 Å². The fraction of sp³-hybridized carbons (Fsp3) is 0.286. The van der Waals surface area contributed by atoms with E-state index in [1.807, 2.05) is 74.5 Å². The molecule has 0 radical (unpaired) electrons. The molecule has 172 valence electrons. The van der Waals surface area contributed by atoms with E-state index in [2.05, 4.69) is 12.2 Å². The molecule has 1 unspecified atom stereocenters. The van der Waals surface area contributed by atoms with Crippen LogP contribution >= 0.6 is 11.6 Å². The minimum absolute atomic E-state index is 0.0830. The molecule has 4 nitrogen and oxygen atoms in total. The van der Waals surface area contributed by atoms with Crippen molar-refractivity contribution in [3.8, 4) is 0 Å². The van der Waals surface area contributed by atoms with Crippen LogP contribution in [0.3, 0.4) is 0 Å². The topological polar surface area (TPSA) is 49.4 Å². The second-order valence-electron chi connectivity index (χ2n) is 8.34. The van der Waals surface area contributed by atoms with E-state index in [0.717, 1.165) is 22.3 Å². The molecule has 0 aromatic heterocycles. The van der Waals surface area contributed by atoms with Gasteiger partial charge in [0.25, 0.3) is 0 Å². The maximum Gasteiger partial charge on any atom is 0.243 e. The molecule has 2 amide bonds. The number of carbonyl (C=O) groups excluding carboxylic acids is 2. The van der Waals surface area contributed by atoms with E-state index in [-0.39, 0.29) is 18.2 Å². The summed E-state index contributed by atoms with van der Waals surface area (Å²) in [7, 11) is 0. The van der Waals surface area contributed by atoms with Crippen molar-refractivity contribution in [2.75, 3.05) is 6.54 Å². The molecule has 0 fully saturated rings. The molecule has 1 atom stereocenters. The molecule has 0 saturated heterocycles. The fourth-order valence-electron chi connectivity index (χ4n) is 3.82. The number of rotatable bonds is 9. The first-order valence-electron chi connectivity index (χ1n) is 11.3. The van der Waals surface area contributed by atoms with E-state index < -0.39 is 6.04 Å². The van der Waals surface area contributed by atoms with E-state index in [0.29, 0.717) is 24.5 Å². The van der Waals surface area contributed by atoms with Crippen molar-refractivity contribution in [3.63, 3.8) is 0 Å². The summed E-state index contributed by atoms with van der Waals surface area (Å²) < 4.78 is 0. The van der Waals surface area contributed by atoms with Crippen LogP contribution in [-0.2, 0) is 29.0 Å². The maximum atomic E-state index is 13.6. The Morgan fingerprint density at radius 3 is 2.18 bits per heavy atom. The first kappa shape index (κ1) is 24.5. The van der Waals surface area contributed by atoms with Crippen molar-refractivity contribution in [2.45, 2.75) is 46.2 Å². The van der Waals surface area contributed by atoms with Gasteiger partial charge in [0.05, 0.1) is 6.42 Å². The van der Waals surface area contributed by atoms with Gasteiger partial charge in [-0.15, -0.1) is 0 Å². The van der Waals surface area contributed by atoms with Crippen LogP contribution in [0, 0.1) is 13.8 Å². The smallest absolute Gasteiger partial charge is 0.243 e. The predicted octanol–water partition coefficient (Wildman–Crippen LogP) is 5.28. The van der Waals surface area contributed by atoms with Crippen LogP contribution in [0.1, 0.15) is 34.7 Å². The second kappa shape index (κ2) is 11.7. The second-order valence-corrected chi connectivity index (χ2v) is 8.78. The molecular weight excluding hydrogens is 432 g/mol. The SMILES string of the molecule is CCNC(=O)C(Cc1ccccc1)N(Cc1ccc(Cl)cc1)C(=O)Cc1ccc(C)c(C)c1. The molecule has 3 rings (SSSR count). The zero-order valence-electron chi connectivity index (χ0n) is 19.5. The Morgan fingerprint density at radius 2 is 1.55 bits per heavy atom. The lowest BCUT2D eigenvalue weighted by Gasteiger charge is -2.31. The van der Waals surface area contributed by atoms with E-state index in [4.69, 9.17) is 11.6 Å². The van der Waals surface area contributed by atoms with Gasteiger partial charge in [0, 0.05) is 24.5 Å². The number of nitrogens with zero attached hydrogens (tertiary/aromatic N) is 1. The fourth-order valence-corrected chi connectivity index (χ4v) is 3.95. The first-order valence-corrected chi connectivity index (χ1v) is 11.7. The van der Waals surface area contributed by atoms with Gasteiger partial charge < -0.3 is 10.2 Å². The van der Waals surface area contributed by atoms with Gasteiger partial charge in [0.15, 0.2) is 0 Å². The minimum Gasteiger partial charge on any atom is -0.355 e. The van der Waals surface area contributed by atoms with Gasteiger partial charge in [0.2, 0.25) is 11.8 Å². The molecular formula is C28H31ClN2O2. The molecule has 33 heavy (non-hydrogen) atoms. The summed E-state index contributed by atoms with van der Waals surface area (Å²) in [5.74, 6) is -0.232. The van der Waals surface area contributed by atoms with Gasteiger partial charge in [-0.25, -0.2) is 0 Å². The number of halogens is 1. The average molecular weight is 463 g/mol. The van der Waals surface area contributed by atoms with Crippen molar-refractivity contribution in [2.24, 2.45) is 0 Å². The van der Waals surface area contributed by atoms with Gasteiger partial charge in [-0.2, -0.15) is 0 Å². The lowest BCUT2D eigenvalue weighted by atomic mass is 10.00. The number of carbonyl (C=O) groups is 2. The lowest BCUT2D eigenvalue weighted by Crippen LogP contribution is -2.50. The number of amides is 2. The zero-order valence-corrected chi connectivity index (χ0v) is 20.2. The van der Waals surface area contributed by atoms with E-state index in [1.54, 1.807) is 17.0 Å². The third-order valence-corrected chi connectivity index (χ3v) is 6.07. The number of benzene rings is 3. The quantitative estimate of drug-likeness (QED) is 0.470. The van der Waals surface area contributed by atoms with Crippen LogP contribution in [0.15, 0.2) is 72.8 Å². The molecule has 3 aromatic rings. The normalized spacial score (nSPS) is 11.6. The van der Waals surface area contributed by atoms with Crippen molar-refractivity contribution in [1.82, 2.24) is 10.2 Å². The molecule has 1 N–H and O–H groups in total. The Labute approximate surface area is 201 Å². The summed E-state index contributed by atoms with van der Waals surface area (Å²) in [6, 6.07) is 22.7. The summed E-state index contributed by atoms with van der Waals surface area (Å²) >= 11 is 6.06. The van der Waals surface area contributed by atoms with Crippen LogP contribution in [-0.4, -0.2) is 29.3 Å². The van der Waals surface area contributed by atoms with Gasteiger partial charge in [-0.1, -0.05) is 72.3 Å². The maximum absolute atomic E-state index is 13.6. The summed E-state index contributed by atoms with van der Waals surface area (Å²) in [6.45, 7) is 6.82. The van der Waals surface area contributed by atoms with Crippen LogP contribution in [0.4, 0.5) is 0 Å². The Kier molecular flexibility index (Phi) is 8.67. The van der Waals surface area contributed by atoms with E-state index >= 15 is 0 Å². The van der Waals surface area contributed by atoms with Gasteiger partial charge in [-0.05, 0) is 60.7 Å². The van der Waals surface area contributed by atoms with E-state index in [1.165, 1.54) is 5.56 Å². The highest BCUT2D eigenvalue weighted by Gasteiger charge is 2.30. The predicted molar refractivity (Wildman–Crippen MR) is 134 cm³/mol. The number of hydrogen-bond donors (Lipinski definition) is 1. The molecule has 3 aromatic carbocycles. The van der Waals surface area contributed by atoms with Crippen LogP contribution in [0.2, 0.25) is 5.02 Å². The standard InChI is InChI=1S/C28H31ClN2O2/c1-4-30-28(33)26(17-22-8-6-5-7-9-22)31(19-23-12-14-25(29)15-13-23)27(32)18-24-11-10-20(2)21(3)16-24/h5-16,26H,4,17-19H2,1-3H3,(H,30,33). The molecule has 0 heterocycles. The van der Waals surface area contributed by atoms with Crippen molar-refractivity contribution in [1.29, 1.82) is 0 Å². The van der Waals surface area contributed by atoms with Gasteiger partial charge in [0.1, 0.15) is 6.04 Å². The molecule has 0 spiro atoms. The highest BCUT2D eigenvalue weighted by Crippen LogP contribution is 2.19. The summed E-state index contributed by atoms with van der Waals surface area (Å²) in [6.07, 6.45) is 0.679. The molecule has 0 aliphatic rings. The first-order chi connectivity index (χ1) is 15.9. The Balaban J connectivity index is 1.95. The Bertz CT molecular complexity index is 1080. The molecule has 0 aliphatic carbocycles. The van der Waals surface area contributed by atoms with Crippen LogP contribution < -0.4 is 5.32 Å². The van der Waals surface area contributed by atoms with Crippen LogP contribution in [0.5, 0.6) is 0 Å². The number of hydrogen-bond acceptors (Lipinski definition) is 2. The number of likely N-dealkylation sites (N-methyl/N-ethyl adjacent to an activating group) is 1. The Hall–Kier alpha value is -3.11. The van der Waals surface area contributed by atoms with Gasteiger partial charge in [-0.3, -0.25) is 9.59 Å². The zero-order chi connectivity index (χ0) is 23.8.